The summed E-state index contributed by atoms with van der Waals surface area (Å²) in [7, 11) is 0. The second-order valence-electron chi connectivity index (χ2n) is 7.16. The topological polar surface area (TPSA) is 106 Å². The van der Waals surface area contributed by atoms with Crippen molar-refractivity contribution in [2.75, 3.05) is 24.2 Å². The number of nitrogens with zero attached hydrogens (tertiary/aromatic N) is 1. The molecule has 2 aromatic carbocycles. The van der Waals surface area contributed by atoms with Crippen LogP contribution in [-0.2, 0) is 16.0 Å². The van der Waals surface area contributed by atoms with E-state index in [1.807, 2.05) is 37.3 Å². The van der Waals surface area contributed by atoms with Gasteiger partial charge >= 0.3 is 0 Å². The molecule has 0 radical (unpaired) electrons. The van der Waals surface area contributed by atoms with Crippen molar-refractivity contribution < 1.29 is 14.3 Å². The number of nitrogens with two attached hydrogens (primary N) is 1. The van der Waals surface area contributed by atoms with Crippen LogP contribution in [0.15, 0.2) is 47.5 Å². The Bertz CT molecular complexity index is 940. The predicted octanol–water partition coefficient (Wildman–Crippen LogP) is 3.61. The normalized spacial score (nSPS) is 12.1. The molecular formula is C23H28N4O3. The molecule has 0 unspecified atom stereocenters. The minimum absolute atomic E-state index is 0.0542. The molecule has 0 spiro atoms. The number of carbonyl (C=O) groups excluding carboxylic acids is 2. The van der Waals surface area contributed by atoms with Gasteiger partial charge in [-0.2, -0.15) is 0 Å². The first-order chi connectivity index (χ1) is 14.6. The van der Waals surface area contributed by atoms with E-state index in [2.05, 4.69) is 15.6 Å². The summed E-state index contributed by atoms with van der Waals surface area (Å²) in [5.41, 5.74) is 9.38. The average Bonchev–Trinajstić information content (AvgIpc) is 3.16. The Morgan fingerprint density at radius 2 is 1.97 bits per heavy atom. The molecule has 0 aliphatic carbocycles. The number of amides is 2. The summed E-state index contributed by atoms with van der Waals surface area (Å²) in [5.74, 6) is 0.606. The number of anilines is 2. The number of unbranched alkanes of at least 4 members (excludes halogenated alkanes) is 2. The van der Waals surface area contributed by atoms with Crippen molar-refractivity contribution in [1.29, 1.82) is 0 Å². The van der Waals surface area contributed by atoms with E-state index in [-0.39, 0.29) is 11.8 Å². The van der Waals surface area contributed by atoms with Gasteiger partial charge in [-0.15, -0.1) is 0 Å². The van der Waals surface area contributed by atoms with Gasteiger partial charge in [0, 0.05) is 19.4 Å². The SMILES string of the molecule is CCOc1ccc2c(c1)CC(C(=O)NCCCCCC(=O)Nc1ccccc1N)=N2. The molecule has 0 atom stereocenters. The predicted molar refractivity (Wildman–Crippen MR) is 119 cm³/mol. The molecule has 158 valence electrons. The van der Waals surface area contributed by atoms with Crippen LogP contribution in [0.1, 0.15) is 38.2 Å². The summed E-state index contributed by atoms with van der Waals surface area (Å²) in [6.07, 6.45) is 3.35. The lowest BCUT2D eigenvalue weighted by Crippen LogP contribution is -2.31. The van der Waals surface area contributed by atoms with Crippen LogP contribution in [0.5, 0.6) is 5.75 Å². The number of ether oxygens (including phenoxy) is 1. The van der Waals surface area contributed by atoms with E-state index in [1.165, 1.54) is 0 Å². The molecule has 1 heterocycles. The molecule has 0 bridgehead atoms. The highest BCUT2D eigenvalue weighted by Crippen LogP contribution is 2.30. The van der Waals surface area contributed by atoms with Crippen LogP contribution in [0.25, 0.3) is 0 Å². The van der Waals surface area contributed by atoms with Gasteiger partial charge in [-0.05, 0) is 55.7 Å². The minimum Gasteiger partial charge on any atom is -0.494 e. The number of para-hydroxylation sites is 2. The summed E-state index contributed by atoms with van der Waals surface area (Å²) >= 11 is 0. The van der Waals surface area contributed by atoms with Gasteiger partial charge in [-0.1, -0.05) is 18.6 Å². The smallest absolute Gasteiger partial charge is 0.266 e. The third-order valence-corrected chi connectivity index (χ3v) is 4.84. The van der Waals surface area contributed by atoms with Gasteiger partial charge in [0.15, 0.2) is 0 Å². The van der Waals surface area contributed by atoms with E-state index in [9.17, 15) is 9.59 Å². The van der Waals surface area contributed by atoms with E-state index in [0.29, 0.717) is 43.1 Å². The lowest BCUT2D eigenvalue weighted by atomic mass is 10.1. The highest BCUT2D eigenvalue weighted by atomic mass is 16.5. The van der Waals surface area contributed by atoms with E-state index < -0.39 is 0 Å². The van der Waals surface area contributed by atoms with Gasteiger partial charge in [-0.25, -0.2) is 4.99 Å². The number of hydrogen-bond acceptors (Lipinski definition) is 5. The Kier molecular flexibility index (Phi) is 7.43. The Morgan fingerprint density at radius 3 is 2.77 bits per heavy atom. The molecule has 1 aliphatic heterocycles. The monoisotopic (exact) mass is 408 g/mol. The van der Waals surface area contributed by atoms with Crippen molar-refractivity contribution in [2.24, 2.45) is 4.99 Å². The highest BCUT2D eigenvalue weighted by molar-refractivity contribution is 6.40. The Hall–Kier alpha value is -3.35. The van der Waals surface area contributed by atoms with E-state index in [0.717, 1.165) is 36.3 Å². The number of nitrogens with one attached hydrogen (secondary N) is 2. The van der Waals surface area contributed by atoms with Gasteiger partial charge in [-0.3, -0.25) is 9.59 Å². The second kappa shape index (κ2) is 10.4. The molecule has 1 aliphatic rings. The number of nitrogen functional groups attached to an aromatic ring is 1. The van der Waals surface area contributed by atoms with Crippen molar-refractivity contribution in [3.8, 4) is 5.75 Å². The van der Waals surface area contributed by atoms with Gasteiger partial charge in [0.1, 0.15) is 11.5 Å². The molecule has 2 aromatic rings. The van der Waals surface area contributed by atoms with Gasteiger partial charge in [0.2, 0.25) is 5.91 Å². The third kappa shape index (κ3) is 5.83. The summed E-state index contributed by atoms with van der Waals surface area (Å²) < 4.78 is 5.50. The summed E-state index contributed by atoms with van der Waals surface area (Å²) in [6.45, 7) is 3.11. The maximum absolute atomic E-state index is 12.4. The molecule has 0 saturated carbocycles. The lowest BCUT2D eigenvalue weighted by molar-refractivity contribution is -0.116. The molecule has 0 fully saturated rings. The van der Waals surface area contributed by atoms with Gasteiger partial charge < -0.3 is 21.1 Å². The molecular weight excluding hydrogens is 380 g/mol. The first kappa shape index (κ1) is 21.4. The molecule has 4 N–H and O–H groups in total. The summed E-state index contributed by atoms with van der Waals surface area (Å²) in [5, 5.41) is 5.74. The van der Waals surface area contributed by atoms with Gasteiger partial charge in [0.25, 0.3) is 5.91 Å². The first-order valence-corrected chi connectivity index (χ1v) is 10.3. The zero-order valence-electron chi connectivity index (χ0n) is 17.2. The molecule has 0 saturated heterocycles. The Morgan fingerprint density at radius 1 is 1.13 bits per heavy atom. The average molecular weight is 409 g/mol. The molecule has 3 rings (SSSR count). The largest absolute Gasteiger partial charge is 0.494 e. The van der Waals surface area contributed by atoms with E-state index in [4.69, 9.17) is 10.5 Å². The van der Waals surface area contributed by atoms with Crippen LogP contribution in [-0.4, -0.2) is 30.7 Å². The fourth-order valence-corrected chi connectivity index (χ4v) is 3.28. The van der Waals surface area contributed by atoms with Crippen molar-refractivity contribution in [1.82, 2.24) is 5.32 Å². The lowest BCUT2D eigenvalue weighted by Gasteiger charge is -2.08. The van der Waals surface area contributed by atoms with E-state index >= 15 is 0 Å². The summed E-state index contributed by atoms with van der Waals surface area (Å²) in [4.78, 5) is 28.8. The van der Waals surface area contributed by atoms with Gasteiger partial charge in [0.05, 0.1) is 23.7 Å². The number of hydrogen-bond donors (Lipinski definition) is 3. The standard InChI is InChI=1S/C23H28N4O3/c1-2-30-17-11-12-19-16(14-17)15-21(26-19)23(29)25-13-7-3-4-10-22(28)27-20-9-6-5-8-18(20)24/h5-6,8-9,11-12,14H,2-4,7,10,13,15,24H2,1H3,(H,25,29)(H,27,28). The quantitative estimate of drug-likeness (QED) is 0.412. The second-order valence-corrected chi connectivity index (χ2v) is 7.16. The van der Waals surface area contributed by atoms with Crippen LogP contribution in [0.3, 0.4) is 0 Å². The van der Waals surface area contributed by atoms with Crippen LogP contribution in [0.2, 0.25) is 0 Å². The number of carbonyl (C=O) groups is 2. The molecule has 2 amide bonds. The Labute approximate surface area is 176 Å². The van der Waals surface area contributed by atoms with Crippen LogP contribution in [0, 0.1) is 0 Å². The molecule has 7 nitrogen and oxygen atoms in total. The fourth-order valence-electron chi connectivity index (χ4n) is 3.28. The van der Waals surface area contributed by atoms with E-state index in [1.54, 1.807) is 12.1 Å². The van der Waals surface area contributed by atoms with Crippen LogP contribution >= 0.6 is 0 Å². The van der Waals surface area contributed by atoms with Crippen molar-refractivity contribution >= 4 is 34.6 Å². The third-order valence-electron chi connectivity index (χ3n) is 4.84. The molecule has 0 aromatic heterocycles. The fraction of sp³-hybridized carbons (Fsp3) is 0.348. The zero-order valence-corrected chi connectivity index (χ0v) is 17.2. The summed E-state index contributed by atoms with van der Waals surface area (Å²) in [6, 6.07) is 12.9. The molecule has 7 heteroatoms. The van der Waals surface area contributed by atoms with Crippen molar-refractivity contribution in [3.63, 3.8) is 0 Å². The van der Waals surface area contributed by atoms with Crippen LogP contribution in [0.4, 0.5) is 17.1 Å². The first-order valence-electron chi connectivity index (χ1n) is 10.3. The zero-order chi connectivity index (χ0) is 21.3. The van der Waals surface area contributed by atoms with Crippen molar-refractivity contribution in [2.45, 2.75) is 39.0 Å². The Balaban J connectivity index is 1.32. The maximum Gasteiger partial charge on any atom is 0.266 e. The molecule has 30 heavy (non-hydrogen) atoms. The maximum atomic E-state index is 12.4. The number of fused-ring (bicyclic) bond motifs is 1. The number of benzene rings is 2. The minimum atomic E-state index is -0.138. The van der Waals surface area contributed by atoms with Crippen LogP contribution < -0.4 is 21.1 Å². The highest BCUT2D eigenvalue weighted by Gasteiger charge is 2.20. The number of rotatable bonds is 10. The van der Waals surface area contributed by atoms with Crippen molar-refractivity contribution in [3.05, 3.63) is 48.0 Å². The number of aliphatic imine (C=N–C) groups is 1.